The summed E-state index contributed by atoms with van der Waals surface area (Å²) in [6.07, 6.45) is 2.21. The van der Waals surface area contributed by atoms with E-state index in [2.05, 4.69) is 13.2 Å². The number of aryl methyl sites for hydroxylation is 3. The highest BCUT2D eigenvalue weighted by molar-refractivity contribution is 7.93. The van der Waals surface area contributed by atoms with Crippen LogP contribution in [0.4, 0.5) is 0 Å². The molecule has 220 valence electrons. The number of benzene rings is 4. The number of rotatable bonds is 10. The first-order chi connectivity index (χ1) is 20.6. The monoisotopic (exact) mass is 594 g/mol. The Morgan fingerprint density at radius 1 is 0.651 bits per heavy atom. The van der Waals surface area contributed by atoms with Gasteiger partial charge in [-0.25, -0.2) is 9.59 Å². The van der Waals surface area contributed by atoms with Crippen LogP contribution >= 0.6 is 7.14 Å². The van der Waals surface area contributed by atoms with Crippen molar-refractivity contribution in [3.05, 3.63) is 156 Å². The number of carbonyl (C=O) groups is 3. The molecule has 0 aliphatic carbocycles. The molecule has 0 aromatic heterocycles. The zero-order valence-corrected chi connectivity index (χ0v) is 25.5. The fraction of sp³-hybridized carbons (Fsp3) is 0.139. The smallest absolute Gasteiger partial charge is 0.330 e. The molecule has 0 heterocycles. The maximum Gasteiger partial charge on any atom is 0.330 e. The molecule has 0 N–H and O–H groups in total. The fourth-order valence-corrected chi connectivity index (χ4v) is 7.19. The molecule has 0 radical (unpaired) electrons. The minimum absolute atomic E-state index is 0.161. The molecule has 43 heavy (non-hydrogen) atoms. The van der Waals surface area contributed by atoms with E-state index in [0.717, 1.165) is 40.0 Å². The molecule has 0 unspecified atom stereocenters. The number of esters is 2. The van der Waals surface area contributed by atoms with Gasteiger partial charge in [0.2, 0.25) is 12.7 Å². The maximum absolute atomic E-state index is 14.2. The first kappa shape index (κ1) is 32.7. The molecule has 0 bridgehead atoms. The Balaban J connectivity index is 0.000000250. The molecular weight excluding hydrogens is 559 g/mol. The van der Waals surface area contributed by atoms with Gasteiger partial charge in [0.25, 0.3) is 0 Å². The van der Waals surface area contributed by atoms with Crippen LogP contribution in [0.15, 0.2) is 122 Å². The third-order valence-corrected chi connectivity index (χ3v) is 9.35. The lowest BCUT2D eigenvalue weighted by molar-refractivity contribution is -0.139. The van der Waals surface area contributed by atoms with Crippen LogP contribution in [0.1, 0.15) is 38.2 Å². The second-order valence-corrected chi connectivity index (χ2v) is 12.5. The lowest BCUT2D eigenvalue weighted by Crippen LogP contribution is -2.23. The van der Waals surface area contributed by atoms with Gasteiger partial charge in [0.15, 0.2) is 0 Å². The Bertz CT molecular complexity index is 1550. The first-order valence-electron chi connectivity index (χ1n) is 13.6. The highest BCUT2D eigenvalue weighted by atomic mass is 31.2. The van der Waals surface area contributed by atoms with E-state index in [0.29, 0.717) is 16.2 Å². The van der Waals surface area contributed by atoms with E-state index in [1.165, 1.54) is 0 Å². The molecule has 0 amide bonds. The zero-order valence-electron chi connectivity index (χ0n) is 24.6. The Morgan fingerprint density at radius 3 is 1.47 bits per heavy atom. The van der Waals surface area contributed by atoms with Crippen LogP contribution in [-0.4, -0.2) is 17.5 Å². The predicted octanol–water partition coefficient (Wildman–Crippen LogP) is 6.91. The lowest BCUT2D eigenvalue weighted by Gasteiger charge is -2.20. The highest BCUT2D eigenvalue weighted by Crippen LogP contribution is 2.47. The largest absolute Gasteiger partial charge is 0.458 e. The minimum atomic E-state index is -3.44. The highest BCUT2D eigenvalue weighted by Gasteiger charge is 2.37. The van der Waals surface area contributed by atoms with E-state index >= 15 is 0 Å². The number of hydrogen-bond donors (Lipinski definition) is 0. The van der Waals surface area contributed by atoms with Crippen LogP contribution in [0.25, 0.3) is 0 Å². The van der Waals surface area contributed by atoms with Crippen LogP contribution in [0, 0.1) is 20.8 Å². The average molecular weight is 595 g/mol. The SMILES string of the molecule is C=CC(=O)OCc1cccc(COC(=O)C=C)c1.Cc1cc(C)c(C(=O)P(=O)(c2ccccc2)c2ccccc2)c(C)c1. The summed E-state index contributed by atoms with van der Waals surface area (Å²) < 4.78 is 24.0. The van der Waals surface area contributed by atoms with Crippen molar-refractivity contribution in [2.75, 3.05) is 0 Å². The van der Waals surface area contributed by atoms with Crippen LogP contribution in [-0.2, 0) is 36.8 Å². The molecule has 4 rings (SSSR count). The molecule has 6 nitrogen and oxygen atoms in total. The molecule has 0 fully saturated rings. The second-order valence-electron chi connectivity index (χ2n) is 9.80. The topological polar surface area (TPSA) is 86.7 Å². The number of ether oxygens (including phenoxy) is 2. The van der Waals surface area contributed by atoms with Gasteiger partial charge in [0.1, 0.15) is 13.2 Å². The predicted molar refractivity (Wildman–Crippen MR) is 171 cm³/mol. The number of hydrogen-bond acceptors (Lipinski definition) is 6. The van der Waals surface area contributed by atoms with E-state index in [4.69, 9.17) is 9.47 Å². The van der Waals surface area contributed by atoms with Gasteiger partial charge in [-0.05, 0) is 49.1 Å². The van der Waals surface area contributed by atoms with Crippen molar-refractivity contribution in [1.29, 1.82) is 0 Å². The summed E-state index contributed by atoms with van der Waals surface area (Å²) in [7, 11) is -3.44. The minimum Gasteiger partial charge on any atom is -0.458 e. The summed E-state index contributed by atoms with van der Waals surface area (Å²) >= 11 is 0. The van der Waals surface area contributed by atoms with Gasteiger partial charge < -0.3 is 14.0 Å². The molecule has 0 aliphatic rings. The van der Waals surface area contributed by atoms with Crippen molar-refractivity contribution in [1.82, 2.24) is 0 Å². The fourth-order valence-electron chi connectivity index (χ4n) is 4.57. The zero-order chi connectivity index (χ0) is 31.4. The van der Waals surface area contributed by atoms with E-state index in [1.54, 1.807) is 36.4 Å². The Labute approximate surface area is 253 Å². The van der Waals surface area contributed by atoms with Crippen LogP contribution in [0.3, 0.4) is 0 Å². The summed E-state index contributed by atoms with van der Waals surface area (Å²) in [5, 5.41) is 1.15. The normalized spacial score (nSPS) is 10.5. The van der Waals surface area contributed by atoms with E-state index in [1.807, 2.05) is 81.4 Å². The first-order valence-corrected chi connectivity index (χ1v) is 15.3. The van der Waals surface area contributed by atoms with Crippen molar-refractivity contribution in [3.63, 3.8) is 0 Å². The van der Waals surface area contributed by atoms with Crippen molar-refractivity contribution in [3.8, 4) is 0 Å². The van der Waals surface area contributed by atoms with Gasteiger partial charge in [0, 0.05) is 28.3 Å². The second kappa shape index (κ2) is 15.4. The average Bonchev–Trinajstić information content (AvgIpc) is 3.02. The van der Waals surface area contributed by atoms with Gasteiger partial charge in [-0.15, -0.1) is 0 Å². The summed E-state index contributed by atoms with van der Waals surface area (Å²) in [6.45, 7) is 12.8. The Hall–Kier alpha value is -4.80. The third kappa shape index (κ3) is 8.60. The van der Waals surface area contributed by atoms with Gasteiger partial charge in [-0.2, -0.15) is 0 Å². The van der Waals surface area contributed by atoms with Gasteiger partial charge in [0.05, 0.1) is 0 Å². The van der Waals surface area contributed by atoms with Crippen molar-refractivity contribution >= 4 is 35.2 Å². The molecule has 4 aromatic carbocycles. The van der Waals surface area contributed by atoms with Crippen molar-refractivity contribution in [2.24, 2.45) is 0 Å². The third-order valence-electron chi connectivity index (χ3n) is 6.50. The summed E-state index contributed by atoms with van der Waals surface area (Å²) in [5.41, 5.74) is 4.75. The van der Waals surface area contributed by atoms with E-state index < -0.39 is 19.1 Å². The summed E-state index contributed by atoms with van der Waals surface area (Å²) in [6, 6.07) is 29.3. The Kier molecular flexibility index (Phi) is 11.7. The van der Waals surface area contributed by atoms with E-state index in [-0.39, 0.29) is 18.7 Å². The molecule has 4 aromatic rings. The molecule has 0 saturated carbocycles. The Morgan fingerprint density at radius 2 is 1.07 bits per heavy atom. The maximum atomic E-state index is 14.2. The summed E-state index contributed by atoms with van der Waals surface area (Å²) in [4.78, 5) is 35.4. The molecule has 7 heteroatoms. The van der Waals surface area contributed by atoms with E-state index in [9.17, 15) is 18.9 Å². The van der Waals surface area contributed by atoms with Crippen molar-refractivity contribution < 1.29 is 28.4 Å². The van der Waals surface area contributed by atoms with Gasteiger partial charge in [-0.3, -0.25) is 4.79 Å². The molecule has 0 spiro atoms. The molecule has 0 aliphatic heterocycles. The van der Waals surface area contributed by atoms with Crippen molar-refractivity contribution in [2.45, 2.75) is 34.0 Å². The quantitative estimate of drug-likeness (QED) is 0.113. The van der Waals surface area contributed by atoms with Crippen LogP contribution in [0.2, 0.25) is 0 Å². The van der Waals surface area contributed by atoms with Crippen LogP contribution in [0.5, 0.6) is 0 Å². The molecular formula is C36H35O6P. The standard InChI is InChI=1S/C22H21O2P.C14H14O4/c1-16-14-17(2)21(18(3)15-16)22(23)25(24,19-10-6-4-7-11-19)20-12-8-5-9-13-20;1-3-13(15)17-9-11-6-5-7-12(8-11)10-18-14(16)4-2/h4-15H,1-3H3;3-8H,1-2,9-10H2. The van der Waals surface area contributed by atoms with Crippen LogP contribution < -0.4 is 10.6 Å². The van der Waals surface area contributed by atoms with Gasteiger partial charge in [-0.1, -0.05) is 110 Å². The summed E-state index contributed by atoms with van der Waals surface area (Å²) in [5.74, 6) is -0.947. The lowest BCUT2D eigenvalue weighted by atomic mass is 10.0. The molecule has 0 atom stereocenters. The van der Waals surface area contributed by atoms with Gasteiger partial charge >= 0.3 is 11.9 Å². The molecule has 0 saturated heterocycles. The number of carbonyl (C=O) groups excluding carboxylic acids is 3.